The summed E-state index contributed by atoms with van der Waals surface area (Å²) in [4.78, 5) is 38.3. The van der Waals surface area contributed by atoms with Crippen molar-refractivity contribution in [3.63, 3.8) is 0 Å². The van der Waals surface area contributed by atoms with Gasteiger partial charge in [-0.05, 0) is 31.0 Å². The van der Waals surface area contributed by atoms with Crippen LogP contribution in [0.25, 0.3) is 0 Å². The molecular weight excluding hydrogens is 344 g/mol. The van der Waals surface area contributed by atoms with Gasteiger partial charge in [0.25, 0.3) is 0 Å². The van der Waals surface area contributed by atoms with Crippen molar-refractivity contribution in [3.05, 3.63) is 23.2 Å². The van der Waals surface area contributed by atoms with Gasteiger partial charge < -0.3 is 10.1 Å². The van der Waals surface area contributed by atoms with E-state index in [2.05, 4.69) is 5.32 Å². The van der Waals surface area contributed by atoms with Crippen molar-refractivity contribution in [1.29, 1.82) is 0 Å². The van der Waals surface area contributed by atoms with Gasteiger partial charge in [0.15, 0.2) is 0 Å². The second kappa shape index (κ2) is 7.44. The maximum absolute atomic E-state index is 12.4. The summed E-state index contributed by atoms with van der Waals surface area (Å²) in [6.45, 7) is 0.110. The number of fused-ring (bicyclic) bond motifs is 1. The first-order valence-electron chi connectivity index (χ1n) is 8.50. The number of hydrogen-bond donors (Lipinski definition) is 1. The molecule has 2 aliphatic rings. The van der Waals surface area contributed by atoms with Crippen LogP contribution in [0, 0.1) is 11.8 Å². The molecule has 134 valence electrons. The average molecular weight is 365 g/mol. The smallest absolute Gasteiger partial charge is 0.233 e. The van der Waals surface area contributed by atoms with E-state index >= 15 is 0 Å². The first-order chi connectivity index (χ1) is 12.0. The first-order valence-corrected chi connectivity index (χ1v) is 8.87. The number of benzene rings is 1. The lowest BCUT2D eigenvalue weighted by Gasteiger charge is -2.19. The molecule has 1 heterocycles. The summed E-state index contributed by atoms with van der Waals surface area (Å²) in [6.07, 6.45) is 3.58. The van der Waals surface area contributed by atoms with E-state index in [1.807, 2.05) is 0 Å². The summed E-state index contributed by atoms with van der Waals surface area (Å²) in [5, 5.41) is 3.20. The third-order valence-corrected chi connectivity index (χ3v) is 5.17. The van der Waals surface area contributed by atoms with Crippen molar-refractivity contribution in [1.82, 2.24) is 4.90 Å². The number of carbonyl (C=O) groups is 3. The monoisotopic (exact) mass is 364 g/mol. The molecule has 0 unspecified atom stereocenters. The van der Waals surface area contributed by atoms with Crippen LogP contribution in [0.2, 0.25) is 5.02 Å². The van der Waals surface area contributed by atoms with Crippen LogP contribution in [0.3, 0.4) is 0 Å². The first kappa shape index (κ1) is 17.7. The largest absolute Gasteiger partial charge is 0.495 e. The van der Waals surface area contributed by atoms with Gasteiger partial charge in [-0.3, -0.25) is 19.3 Å². The van der Waals surface area contributed by atoms with Crippen LogP contribution in [0.1, 0.15) is 32.1 Å². The molecular formula is C18H21ClN2O4. The van der Waals surface area contributed by atoms with E-state index in [4.69, 9.17) is 16.3 Å². The molecule has 1 N–H and O–H groups in total. The minimum absolute atomic E-state index is 0.0482. The zero-order valence-corrected chi connectivity index (χ0v) is 14.8. The summed E-state index contributed by atoms with van der Waals surface area (Å²) >= 11 is 5.94. The highest BCUT2D eigenvalue weighted by Crippen LogP contribution is 2.38. The number of carbonyl (C=O) groups excluding carboxylic acids is 3. The zero-order chi connectivity index (χ0) is 18.0. The topological polar surface area (TPSA) is 75.7 Å². The average Bonchev–Trinajstić information content (AvgIpc) is 2.85. The van der Waals surface area contributed by atoms with E-state index in [-0.39, 0.29) is 42.5 Å². The molecule has 1 saturated heterocycles. The molecule has 25 heavy (non-hydrogen) atoms. The molecule has 3 amide bonds. The van der Waals surface area contributed by atoms with Gasteiger partial charge in [-0.15, -0.1) is 0 Å². The van der Waals surface area contributed by atoms with Crippen molar-refractivity contribution in [2.45, 2.75) is 32.1 Å². The number of anilines is 1. The molecule has 3 rings (SSSR count). The number of nitrogens with one attached hydrogen (secondary N) is 1. The lowest BCUT2D eigenvalue weighted by atomic mass is 9.81. The highest BCUT2D eigenvalue weighted by Gasteiger charge is 2.47. The minimum atomic E-state index is -0.295. The molecule has 0 radical (unpaired) electrons. The lowest BCUT2D eigenvalue weighted by Crippen LogP contribution is -2.34. The molecule has 6 nitrogen and oxygen atoms in total. The Balaban J connectivity index is 1.60. The van der Waals surface area contributed by atoms with Crippen LogP contribution in [0.5, 0.6) is 5.75 Å². The number of ether oxygens (including phenoxy) is 1. The van der Waals surface area contributed by atoms with E-state index in [1.54, 1.807) is 18.2 Å². The fourth-order valence-corrected chi connectivity index (χ4v) is 3.83. The molecule has 7 heteroatoms. The second-order valence-electron chi connectivity index (χ2n) is 6.47. The van der Waals surface area contributed by atoms with Crippen LogP contribution < -0.4 is 10.1 Å². The SMILES string of the molecule is COc1ccc(Cl)cc1NC(=O)CCN1C(=O)[C@H]2CCCC[C@@H]2C1=O. The van der Waals surface area contributed by atoms with E-state index in [0.717, 1.165) is 25.7 Å². The van der Waals surface area contributed by atoms with Crippen molar-refractivity contribution in [2.75, 3.05) is 19.0 Å². The third-order valence-electron chi connectivity index (χ3n) is 4.93. The van der Waals surface area contributed by atoms with Gasteiger partial charge in [0.2, 0.25) is 17.7 Å². The molecule has 1 aromatic rings. The van der Waals surface area contributed by atoms with Gasteiger partial charge >= 0.3 is 0 Å². The summed E-state index contributed by atoms with van der Waals surface area (Å²) in [6, 6.07) is 4.93. The Morgan fingerprint density at radius 2 is 1.88 bits per heavy atom. The molecule has 0 spiro atoms. The minimum Gasteiger partial charge on any atom is -0.495 e. The highest BCUT2D eigenvalue weighted by atomic mass is 35.5. The molecule has 2 fully saturated rings. The molecule has 1 aliphatic heterocycles. The Hall–Kier alpha value is -2.08. The van der Waals surface area contributed by atoms with Crippen molar-refractivity contribution in [3.8, 4) is 5.75 Å². The van der Waals surface area contributed by atoms with Crippen LogP contribution >= 0.6 is 11.6 Å². The van der Waals surface area contributed by atoms with Gasteiger partial charge in [0, 0.05) is 18.0 Å². The molecule has 1 saturated carbocycles. The predicted molar refractivity (Wildman–Crippen MR) is 93.4 cm³/mol. The zero-order valence-electron chi connectivity index (χ0n) is 14.1. The van der Waals surface area contributed by atoms with Crippen molar-refractivity contribution >= 4 is 35.0 Å². The third kappa shape index (κ3) is 3.63. The van der Waals surface area contributed by atoms with Crippen LogP contribution in [-0.4, -0.2) is 36.3 Å². The van der Waals surface area contributed by atoms with Crippen LogP contribution in [0.4, 0.5) is 5.69 Å². The molecule has 2 atom stereocenters. The number of halogens is 1. The number of likely N-dealkylation sites (tertiary alicyclic amines) is 1. The molecule has 1 aliphatic carbocycles. The Labute approximate surface area is 151 Å². The molecule has 0 bridgehead atoms. The normalized spacial score (nSPS) is 22.7. The maximum atomic E-state index is 12.4. The molecule has 0 aromatic heterocycles. The predicted octanol–water partition coefficient (Wildman–Crippen LogP) is 2.85. The number of amides is 3. The summed E-state index contributed by atoms with van der Waals surface area (Å²) in [5.74, 6) is -0.409. The number of rotatable bonds is 5. The van der Waals surface area contributed by atoms with Gasteiger partial charge in [0.05, 0.1) is 24.6 Å². The van der Waals surface area contributed by atoms with E-state index in [9.17, 15) is 14.4 Å². The highest BCUT2D eigenvalue weighted by molar-refractivity contribution is 6.31. The van der Waals surface area contributed by atoms with Crippen LogP contribution in [0.15, 0.2) is 18.2 Å². The Morgan fingerprint density at radius 3 is 2.48 bits per heavy atom. The Bertz CT molecular complexity index is 682. The Morgan fingerprint density at radius 1 is 1.24 bits per heavy atom. The number of hydrogen-bond acceptors (Lipinski definition) is 4. The van der Waals surface area contributed by atoms with Gasteiger partial charge in [-0.2, -0.15) is 0 Å². The Kier molecular flexibility index (Phi) is 5.27. The van der Waals surface area contributed by atoms with E-state index in [0.29, 0.717) is 16.5 Å². The van der Waals surface area contributed by atoms with E-state index < -0.39 is 0 Å². The molecule has 1 aromatic carbocycles. The van der Waals surface area contributed by atoms with Crippen molar-refractivity contribution < 1.29 is 19.1 Å². The standard InChI is InChI=1S/C18H21ClN2O4/c1-25-15-7-6-11(19)10-14(15)20-16(22)8-9-21-17(23)12-4-2-3-5-13(12)18(21)24/h6-7,10,12-13H,2-5,8-9H2,1H3,(H,20,22)/t12-,13-/m0/s1. The van der Waals surface area contributed by atoms with Crippen molar-refractivity contribution in [2.24, 2.45) is 11.8 Å². The summed E-state index contributed by atoms with van der Waals surface area (Å²) in [7, 11) is 1.50. The maximum Gasteiger partial charge on any atom is 0.233 e. The van der Waals surface area contributed by atoms with Crippen LogP contribution in [-0.2, 0) is 14.4 Å². The number of methoxy groups -OCH3 is 1. The van der Waals surface area contributed by atoms with Gasteiger partial charge in [0.1, 0.15) is 5.75 Å². The number of imide groups is 1. The van der Waals surface area contributed by atoms with E-state index in [1.165, 1.54) is 12.0 Å². The number of nitrogens with zero attached hydrogens (tertiary/aromatic N) is 1. The van der Waals surface area contributed by atoms with Gasteiger partial charge in [-0.25, -0.2) is 0 Å². The second-order valence-corrected chi connectivity index (χ2v) is 6.90. The fourth-order valence-electron chi connectivity index (χ4n) is 3.66. The summed E-state index contributed by atoms with van der Waals surface area (Å²) in [5.41, 5.74) is 0.466. The lowest BCUT2D eigenvalue weighted by molar-refractivity contribution is -0.140. The van der Waals surface area contributed by atoms with Gasteiger partial charge in [-0.1, -0.05) is 24.4 Å². The quantitative estimate of drug-likeness (QED) is 0.815. The summed E-state index contributed by atoms with van der Waals surface area (Å²) < 4.78 is 5.19. The fraction of sp³-hybridized carbons (Fsp3) is 0.500.